The number of rotatable bonds is 5. The van der Waals surface area contributed by atoms with Gasteiger partial charge in [0.2, 0.25) is 15.9 Å². The van der Waals surface area contributed by atoms with E-state index < -0.39 is 16.1 Å². The van der Waals surface area contributed by atoms with Crippen molar-refractivity contribution in [1.82, 2.24) is 9.29 Å². The number of hydrogen-bond donors (Lipinski definition) is 1. The van der Waals surface area contributed by atoms with E-state index in [1.807, 2.05) is 37.4 Å². The monoisotopic (exact) mass is 441 g/mol. The highest BCUT2D eigenvalue weighted by Crippen LogP contribution is 2.28. The van der Waals surface area contributed by atoms with Gasteiger partial charge in [-0.05, 0) is 51.0 Å². The van der Waals surface area contributed by atoms with Crippen LogP contribution in [0.1, 0.15) is 23.4 Å². The van der Waals surface area contributed by atoms with Gasteiger partial charge in [0.25, 0.3) is 0 Å². The Morgan fingerprint density at radius 3 is 2.63 bits per heavy atom. The zero-order valence-electron chi connectivity index (χ0n) is 16.8. The molecule has 0 spiro atoms. The highest BCUT2D eigenvalue weighted by molar-refractivity contribution is 7.89. The fraction of sp³-hybridized carbons (Fsp3) is 0.273. The molecule has 0 bridgehead atoms. The third kappa shape index (κ3) is 4.16. The molecule has 1 aromatic heterocycles. The van der Waals surface area contributed by atoms with Crippen molar-refractivity contribution in [3.63, 3.8) is 0 Å². The number of hydrogen-bond acceptors (Lipinski definition) is 5. The van der Waals surface area contributed by atoms with E-state index in [-0.39, 0.29) is 10.8 Å². The lowest BCUT2D eigenvalue weighted by Gasteiger charge is -2.23. The number of nitrogens with one attached hydrogen (secondary N) is 1. The number of nitrogens with zero attached hydrogens (tertiary/aromatic N) is 2. The Morgan fingerprint density at radius 2 is 1.93 bits per heavy atom. The van der Waals surface area contributed by atoms with E-state index in [2.05, 4.69) is 10.3 Å². The lowest BCUT2D eigenvalue weighted by Crippen LogP contribution is -2.43. The van der Waals surface area contributed by atoms with Gasteiger partial charge < -0.3 is 5.32 Å². The lowest BCUT2D eigenvalue weighted by molar-refractivity contribution is -0.119. The van der Waals surface area contributed by atoms with Gasteiger partial charge in [-0.15, -0.1) is 11.3 Å². The van der Waals surface area contributed by atoms with Crippen LogP contribution in [-0.2, 0) is 14.8 Å². The first kappa shape index (κ1) is 20.7. The maximum atomic E-state index is 13.1. The molecule has 156 valence electrons. The quantitative estimate of drug-likeness (QED) is 0.643. The molecule has 1 aliphatic heterocycles. The summed E-state index contributed by atoms with van der Waals surface area (Å²) in [7, 11) is -3.73. The molecule has 1 aliphatic rings. The van der Waals surface area contributed by atoms with Crippen LogP contribution in [0, 0.1) is 13.8 Å². The van der Waals surface area contributed by atoms with E-state index in [0.29, 0.717) is 25.1 Å². The highest BCUT2D eigenvalue weighted by atomic mass is 32.2. The summed E-state index contributed by atoms with van der Waals surface area (Å²) in [5.74, 6) is -0.310. The fourth-order valence-corrected chi connectivity index (χ4v) is 5.89. The number of anilines is 1. The van der Waals surface area contributed by atoms with E-state index >= 15 is 0 Å². The van der Waals surface area contributed by atoms with Crippen LogP contribution >= 0.6 is 11.3 Å². The molecule has 8 heteroatoms. The third-order valence-corrected chi connectivity index (χ3v) is 7.87. The van der Waals surface area contributed by atoms with Crippen LogP contribution in [0.5, 0.6) is 0 Å². The number of benzene rings is 2. The van der Waals surface area contributed by atoms with Crippen molar-refractivity contribution in [2.24, 2.45) is 0 Å². The Labute approximate surface area is 180 Å². The van der Waals surface area contributed by atoms with Gasteiger partial charge in [-0.3, -0.25) is 4.79 Å². The second-order valence-electron chi connectivity index (χ2n) is 7.41. The Morgan fingerprint density at radius 1 is 1.17 bits per heavy atom. The zero-order valence-corrected chi connectivity index (χ0v) is 18.5. The SMILES string of the molecule is Cc1ccc(S(=O)(=O)N2CCC[C@@H]2C(=O)Nc2cccc(-c3csc(C)n3)c2)cc1. The Balaban J connectivity index is 1.54. The summed E-state index contributed by atoms with van der Waals surface area (Å²) in [6.07, 6.45) is 1.16. The standard InChI is InChI=1S/C22H23N3O3S2/c1-15-8-10-19(11-9-15)30(27,28)25-12-4-7-21(25)22(26)24-18-6-3-5-17(13-18)20-14-29-16(2)23-20/h3,5-6,8-11,13-14,21H,4,7,12H2,1-2H3,(H,24,26)/t21-/m1/s1. The Kier molecular flexibility index (Phi) is 5.73. The minimum atomic E-state index is -3.73. The van der Waals surface area contributed by atoms with E-state index in [1.165, 1.54) is 4.31 Å². The number of thiazole rings is 1. The summed E-state index contributed by atoms with van der Waals surface area (Å²) in [5.41, 5.74) is 3.38. The van der Waals surface area contributed by atoms with Crippen LogP contribution in [0.15, 0.2) is 58.8 Å². The number of aryl methyl sites for hydroxylation is 2. The molecule has 0 saturated carbocycles. The predicted octanol–water partition coefficient (Wildman–Crippen LogP) is 4.22. The van der Waals surface area contributed by atoms with E-state index in [4.69, 9.17) is 0 Å². The third-order valence-electron chi connectivity index (χ3n) is 5.18. The average molecular weight is 442 g/mol. The zero-order chi connectivity index (χ0) is 21.3. The minimum absolute atomic E-state index is 0.216. The summed E-state index contributed by atoms with van der Waals surface area (Å²) in [4.78, 5) is 17.7. The maximum Gasteiger partial charge on any atom is 0.243 e. The summed E-state index contributed by atoms with van der Waals surface area (Å²) in [5, 5.41) is 5.84. The first-order chi connectivity index (χ1) is 14.3. The van der Waals surface area contributed by atoms with Crippen molar-refractivity contribution >= 4 is 33.0 Å². The number of sulfonamides is 1. The van der Waals surface area contributed by atoms with Gasteiger partial charge in [0.05, 0.1) is 15.6 Å². The molecule has 1 amide bonds. The molecule has 1 atom stereocenters. The largest absolute Gasteiger partial charge is 0.325 e. The first-order valence-electron chi connectivity index (χ1n) is 9.76. The normalized spacial score (nSPS) is 17.2. The Hall–Kier alpha value is -2.55. The predicted molar refractivity (Wildman–Crippen MR) is 119 cm³/mol. The molecule has 4 rings (SSSR count). The van der Waals surface area contributed by atoms with E-state index in [0.717, 1.165) is 21.8 Å². The Bertz CT molecular complexity index is 1170. The molecular formula is C22H23N3O3S2. The molecular weight excluding hydrogens is 418 g/mol. The van der Waals surface area contributed by atoms with Gasteiger partial charge >= 0.3 is 0 Å². The van der Waals surface area contributed by atoms with Gasteiger partial charge in [0, 0.05) is 23.2 Å². The molecule has 0 unspecified atom stereocenters. The molecule has 2 heterocycles. The molecule has 30 heavy (non-hydrogen) atoms. The van der Waals surface area contributed by atoms with Crippen LogP contribution in [-0.4, -0.2) is 36.2 Å². The number of carbonyl (C=O) groups excluding carboxylic acids is 1. The molecule has 1 saturated heterocycles. The van der Waals surface area contributed by atoms with Crippen LogP contribution in [0.2, 0.25) is 0 Å². The number of aromatic nitrogens is 1. The molecule has 6 nitrogen and oxygen atoms in total. The first-order valence-corrected chi connectivity index (χ1v) is 12.1. The van der Waals surface area contributed by atoms with E-state index in [9.17, 15) is 13.2 Å². The summed E-state index contributed by atoms with van der Waals surface area (Å²) in [6.45, 7) is 4.19. The van der Waals surface area contributed by atoms with Crippen LogP contribution in [0.25, 0.3) is 11.3 Å². The van der Waals surface area contributed by atoms with Gasteiger partial charge in [0.1, 0.15) is 6.04 Å². The van der Waals surface area contributed by atoms with Gasteiger partial charge in [-0.1, -0.05) is 29.8 Å². The second-order valence-corrected chi connectivity index (χ2v) is 10.4. The summed E-state index contributed by atoms with van der Waals surface area (Å²) >= 11 is 1.57. The molecule has 1 N–H and O–H groups in total. The van der Waals surface area contributed by atoms with Crippen molar-refractivity contribution < 1.29 is 13.2 Å². The van der Waals surface area contributed by atoms with Crippen LogP contribution in [0.3, 0.4) is 0 Å². The van der Waals surface area contributed by atoms with Gasteiger partial charge in [-0.2, -0.15) is 4.31 Å². The van der Waals surface area contributed by atoms with E-state index in [1.54, 1.807) is 41.7 Å². The number of carbonyl (C=O) groups is 1. The smallest absolute Gasteiger partial charge is 0.243 e. The van der Waals surface area contributed by atoms with Crippen molar-refractivity contribution in [3.05, 3.63) is 64.5 Å². The van der Waals surface area contributed by atoms with Gasteiger partial charge in [-0.25, -0.2) is 13.4 Å². The molecule has 0 radical (unpaired) electrons. The van der Waals surface area contributed by atoms with Crippen LogP contribution in [0.4, 0.5) is 5.69 Å². The average Bonchev–Trinajstić information content (AvgIpc) is 3.38. The second kappa shape index (κ2) is 8.29. The summed E-state index contributed by atoms with van der Waals surface area (Å²) < 4.78 is 27.5. The molecule has 3 aromatic rings. The topological polar surface area (TPSA) is 79.4 Å². The number of amides is 1. The summed E-state index contributed by atoms with van der Waals surface area (Å²) in [6, 6.07) is 13.5. The van der Waals surface area contributed by atoms with Crippen LogP contribution < -0.4 is 5.32 Å². The maximum absolute atomic E-state index is 13.1. The fourth-order valence-electron chi connectivity index (χ4n) is 3.61. The van der Waals surface area contributed by atoms with Crippen molar-refractivity contribution in [1.29, 1.82) is 0 Å². The lowest BCUT2D eigenvalue weighted by atomic mass is 10.1. The van der Waals surface area contributed by atoms with Crippen molar-refractivity contribution in [3.8, 4) is 11.3 Å². The van der Waals surface area contributed by atoms with Crippen molar-refractivity contribution in [2.45, 2.75) is 37.6 Å². The minimum Gasteiger partial charge on any atom is -0.325 e. The molecule has 0 aliphatic carbocycles. The highest BCUT2D eigenvalue weighted by Gasteiger charge is 2.39. The van der Waals surface area contributed by atoms with Crippen molar-refractivity contribution in [2.75, 3.05) is 11.9 Å². The molecule has 1 fully saturated rings. The molecule has 2 aromatic carbocycles. The van der Waals surface area contributed by atoms with Gasteiger partial charge in [0.15, 0.2) is 0 Å².